The third-order valence-corrected chi connectivity index (χ3v) is 10.3. The highest BCUT2D eigenvalue weighted by molar-refractivity contribution is 4.98. The first kappa shape index (κ1) is 22.9. The van der Waals surface area contributed by atoms with Crippen molar-refractivity contribution in [3.8, 4) is 0 Å². The molecule has 0 unspecified atom stereocenters. The predicted octanol–water partition coefficient (Wildman–Crippen LogP) is 9.73. The molecule has 4 aliphatic carbocycles. The topological polar surface area (TPSA) is 0 Å². The molecule has 0 saturated heterocycles. The lowest BCUT2D eigenvalue weighted by molar-refractivity contribution is 0.157. The Morgan fingerprint density at radius 3 is 1.03 bits per heavy atom. The summed E-state index contributed by atoms with van der Waals surface area (Å²) in [5.41, 5.74) is 1.52. The SMILES string of the molecule is C=C1CCC(CC2CCC(CC3CCC(CC4CCC(CC)CC4)CC3)CC2)CC1. The minimum absolute atomic E-state index is 1.03. The minimum Gasteiger partial charge on any atom is -0.0999 e. The van der Waals surface area contributed by atoms with Crippen molar-refractivity contribution in [3.63, 3.8) is 0 Å². The Balaban J connectivity index is 1.08. The molecule has 4 aliphatic rings. The smallest absolute Gasteiger partial charge is 0.0320 e. The van der Waals surface area contributed by atoms with E-state index in [1.807, 2.05) is 0 Å². The third kappa shape index (κ3) is 6.87. The summed E-state index contributed by atoms with van der Waals surface area (Å²) >= 11 is 0. The summed E-state index contributed by atoms with van der Waals surface area (Å²) in [6.45, 7) is 6.60. The largest absolute Gasteiger partial charge is 0.0999 e. The quantitative estimate of drug-likeness (QED) is 0.365. The number of rotatable bonds is 7. The summed E-state index contributed by atoms with van der Waals surface area (Å²) in [6, 6.07) is 0. The predicted molar refractivity (Wildman–Crippen MR) is 132 cm³/mol. The van der Waals surface area contributed by atoms with Crippen LogP contribution >= 0.6 is 0 Å². The van der Waals surface area contributed by atoms with Gasteiger partial charge in [0.05, 0.1) is 0 Å². The molecule has 0 spiro atoms. The molecule has 4 saturated carbocycles. The van der Waals surface area contributed by atoms with E-state index in [-0.39, 0.29) is 0 Å². The molecule has 0 amide bonds. The second kappa shape index (κ2) is 11.6. The van der Waals surface area contributed by atoms with Crippen molar-refractivity contribution in [1.82, 2.24) is 0 Å². The summed E-state index contributed by atoms with van der Waals surface area (Å²) in [5, 5.41) is 0. The molecule has 0 heterocycles. The van der Waals surface area contributed by atoms with E-state index in [4.69, 9.17) is 0 Å². The lowest BCUT2D eigenvalue weighted by atomic mass is 9.69. The number of allylic oxidation sites excluding steroid dienone is 1. The van der Waals surface area contributed by atoms with Crippen LogP contribution in [0.5, 0.6) is 0 Å². The molecule has 0 radical (unpaired) electrons. The van der Waals surface area contributed by atoms with Gasteiger partial charge in [-0.3, -0.25) is 0 Å². The van der Waals surface area contributed by atoms with Crippen LogP contribution in [0.25, 0.3) is 0 Å². The third-order valence-electron chi connectivity index (χ3n) is 10.3. The van der Waals surface area contributed by atoms with Gasteiger partial charge in [0.15, 0.2) is 0 Å². The molecule has 0 aliphatic heterocycles. The lowest BCUT2D eigenvalue weighted by Gasteiger charge is -2.37. The van der Waals surface area contributed by atoms with Gasteiger partial charge in [-0.25, -0.2) is 0 Å². The maximum atomic E-state index is 4.20. The van der Waals surface area contributed by atoms with Gasteiger partial charge in [-0.2, -0.15) is 0 Å². The molecule has 4 rings (SSSR count). The standard InChI is InChI=1S/C30H52/c1-3-24-8-10-26(11-9-24)21-28-16-18-30(19-17-28)22-29-14-12-27(13-15-29)20-25-6-4-23(2)5-7-25/h24-30H,2-22H2,1H3. The maximum Gasteiger partial charge on any atom is -0.0320 e. The van der Waals surface area contributed by atoms with Gasteiger partial charge < -0.3 is 0 Å². The Hall–Kier alpha value is -0.260. The van der Waals surface area contributed by atoms with Crippen molar-refractivity contribution in [3.05, 3.63) is 12.2 Å². The molecule has 0 nitrogen and oxygen atoms in total. The van der Waals surface area contributed by atoms with Crippen LogP contribution in [0.4, 0.5) is 0 Å². The molecule has 4 fully saturated rings. The van der Waals surface area contributed by atoms with Crippen LogP contribution in [0.2, 0.25) is 0 Å². The highest BCUT2D eigenvalue weighted by Gasteiger charge is 2.30. The van der Waals surface area contributed by atoms with E-state index in [9.17, 15) is 0 Å². The Kier molecular flexibility index (Phi) is 8.83. The van der Waals surface area contributed by atoms with Gasteiger partial charge in [0.25, 0.3) is 0 Å². The number of hydrogen-bond donors (Lipinski definition) is 0. The lowest BCUT2D eigenvalue weighted by Crippen LogP contribution is -2.23. The average Bonchev–Trinajstić information content (AvgIpc) is 2.78. The highest BCUT2D eigenvalue weighted by atomic mass is 14.4. The van der Waals surface area contributed by atoms with E-state index in [1.54, 1.807) is 83.5 Å². The fourth-order valence-corrected chi connectivity index (χ4v) is 8.02. The first-order chi connectivity index (χ1) is 14.7. The first-order valence-electron chi connectivity index (χ1n) is 14.3. The molecule has 0 heteroatoms. The fourth-order valence-electron chi connectivity index (χ4n) is 8.02. The van der Waals surface area contributed by atoms with Crippen molar-refractivity contribution in [2.24, 2.45) is 41.4 Å². The van der Waals surface area contributed by atoms with Crippen LogP contribution in [-0.2, 0) is 0 Å². The molecular formula is C30H52. The Bertz CT molecular complexity index is 484. The normalized spacial score (nSPS) is 39.2. The Labute approximate surface area is 189 Å². The average molecular weight is 413 g/mol. The first-order valence-corrected chi connectivity index (χ1v) is 14.3. The summed E-state index contributed by atoms with van der Waals surface area (Å²) in [6.07, 6.45) is 30.4. The van der Waals surface area contributed by atoms with Gasteiger partial charge in [0, 0.05) is 0 Å². The molecule has 0 bridgehead atoms. The Morgan fingerprint density at radius 1 is 0.467 bits per heavy atom. The minimum atomic E-state index is 1.03. The van der Waals surface area contributed by atoms with E-state index in [1.165, 1.54) is 50.5 Å². The van der Waals surface area contributed by atoms with E-state index in [0.29, 0.717) is 0 Å². The van der Waals surface area contributed by atoms with Gasteiger partial charge in [-0.05, 0) is 86.4 Å². The van der Waals surface area contributed by atoms with Gasteiger partial charge in [0.2, 0.25) is 0 Å². The molecule has 0 N–H and O–H groups in total. The summed E-state index contributed by atoms with van der Waals surface area (Å²) in [5.74, 6) is 7.51. The summed E-state index contributed by atoms with van der Waals surface area (Å²) < 4.78 is 0. The molecule has 30 heavy (non-hydrogen) atoms. The van der Waals surface area contributed by atoms with E-state index < -0.39 is 0 Å². The summed E-state index contributed by atoms with van der Waals surface area (Å²) in [4.78, 5) is 0. The Morgan fingerprint density at radius 2 is 0.733 bits per heavy atom. The summed E-state index contributed by atoms with van der Waals surface area (Å²) in [7, 11) is 0. The van der Waals surface area contributed by atoms with Gasteiger partial charge >= 0.3 is 0 Å². The van der Waals surface area contributed by atoms with Gasteiger partial charge in [0.1, 0.15) is 0 Å². The van der Waals surface area contributed by atoms with Crippen molar-refractivity contribution in [2.75, 3.05) is 0 Å². The molecule has 172 valence electrons. The monoisotopic (exact) mass is 412 g/mol. The van der Waals surface area contributed by atoms with Crippen LogP contribution in [0.3, 0.4) is 0 Å². The highest BCUT2D eigenvalue weighted by Crippen LogP contribution is 2.43. The van der Waals surface area contributed by atoms with Gasteiger partial charge in [-0.1, -0.05) is 103 Å². The molecular weight excluding hydrogens is 360 g/mol. The zero-order valence-electron chi connectivity index (χ0n) is 20.4. The molecule has 0 aromatic heterocycles. The van der Waals surface area contributed by atoms with Crippen LogP contribution in [0.15, 0.2) is 12.2 Å². The van der Waals surface area contributed by atoms with Crippen LogP contribution in [0.1, 0.15) is 135 Å². The van der Waals surface area contributed by atoms with E-state index in [2.05, 4.69) is 13.5 Å². The molecule has 0 atom stereocenters. The van der Waals surface area contributed by atoms with E-state index >= 15 is 0 Å². The van der Waals surface area contributed by atoms with Crippen molar-refractivity contribution >= 4 is 0 Å². The van der Waals surface area contributed by atoms with Crippen LogP contribution in [0, 0.1) is 41.4 Å². The zero-order chi connectivity index (χ0) is 20.8. The zero-order valence-corrected chi connectivity index (χ0v) is 20.4. The van der Waals surface area contributed by atoms with E-state index in [0.717, 1.165) is 41.4 Å². The van der Waals surface area contributed by atoms with Crippen LogP contribution in [-0.4, -0.2) is 0 Å². The fraction of sp³-hybridized carbons (Fsp3) is 0.933. The van der Waals surface area contributed by atoms with Crippen LogP contribution < -0.4 is 0 Å². The van der Waals surface area contributed by atoms with Crippen molar-refractivity contribution in [1.29, 1.82) is 0 Å². The second-order valence-electron chi connectivity index (χ2n) is 12.5. The molecule has 0 aromatic carbocycles. The maximum absolute atomic E-state index is 4.20. The second-order valence-corrected chi connectivity index (χ2v) is 12.5. The van der Waals surface area contributed by atoms with Crippen molar-refractivity contribution in [2.45, 2.75) is 135 Å². The molecule has 0 aromatic rings. The number of hydrogen-bond acceptors (Lipinski definition) is 0. The van der Waals surface area contributed by atoms with Gasteiger partial charge in [-0.15, -0.1) is 0 Å². The van der Waals surface area contributed by atoms with Crippen molar-refractivity contribution < 1.29 is 0 Å².